The predicted octanol–water partition coefficient (Wildman–Crippen LogP) is 4.68. The number of hydrogen-bond donors (Lipinski definition) is 0. The highest BCUT2D eigenvalue weighted by molar-refractivity contribution is 5.76. The molecule has 25 heavy (non-hydrogen) atoms. The number of rotatable bonds is 5. The maximum absolute atomic E-state index is 5.26. The molecule has 0 aliphatic carbocycles. The van der Waals surface area contributed by atoms with E-state index in [0.29, 0.717) is 0 Å². The Morgan fingerprint density at radius 2 is 1.52 bits per heavy atom. The number of hydrogen-bond acceptors (Lipinski definition) is 2. The van der Waals surface area contributed by atoms with Crippen LogP contribution in [0.1, 0.15) is 17.0 Å². The number of aromatic nitrogens is 2. The van der Waals surface area contributed by atoms with Gasteiger partial charge in [0.15, 0.2) is 0 Å². The summed E-state index contributed by atoms with van der Waals surface area (Å²) in [6.45, 7) is 0.798. The van der Waals surface area contributed by atoms with Crippen molar-refractivity contribution < 1.29 is 4.74 Å². The number of para-hydroxylation sites is 2. The van der Waals surface area contributed by atoms with Crippen molar-refractivity contribution in [1.29, 1.82) is 0 Å². The first-order valence-corrected chi connectivity index (χ1v) is 8.44. The molecule has 0 atom stereocenters. The fourth-order valence-corrected chi connectivity index (χ4v) is 3.13. The van der Waals surface area contributed by atoms with Gasteiger partial charge in [0.25, 0.3) is 0 Å². The van der Waals surface area contributed by atoms with Gasteiger partial charge < -0.3 is 9.30 Å². The Bertz CT molecular complexity index is 972. The summed E-state index contributed by atoms with van der Waals surface area (Å²) in [7, 11) is 1.69. The summed E-state index contributed by atoms with van der Waals surface area (Å²) < 4.78 is 7.57. The first-order valence-electron chi connectivity index (χ1n) is 8.44. The van der Waals surface area contributed by atoms with Gasteiger partial charge in [0.1, 0.15) is 11.6 Å². The zero-order valence-corrected chi connectivity index (χ0v) is 14.2. The van der Waals surface area contributed by atoms with Crippen LogP contribution in [0, 0.1) is 0 Å². The standard InChI is InChI=1S/C22H20N2O/c1-25-19-13-11-18(12-14-19)16-24-21-10-6-5-9-20(21)23-22(24)15-17-7-3-2-4-8-17/h2-14H,15-16H2,1H3. The molecule has 0 spiro atoms. The third kappa shape index (κ3) is 3.26. The van der Waals surface area contributed by atoms with Gasteiger partial charge in [-0.25, -0.2) is 4.98 Å². The van der Waals surface area contributed by atoms with Gasteiger partial charge in [0.05, 0.1) is 18.1 Å². The summed E-state index contributed by atoms with van der Waals surface area (Å²) in [5.41, 5.74) is 4.72. The summed E-state index contributed by atoms with van der Waals surface area (Å²) in [6, 6.07) is 27.1. The van der Waals surface area contributed by atoms with Crippen LogP contribution in [0.5, 0.6) is 5.75 Å². The molecule has 0 amide bonds. The summed E-state index contributed by atoms with van der Waals surface area (Å²) in [5.74, 6) is 1.96. The number of nitrogens with zero attached hydrogens (tertiary/aromatic N) is 2. The molecule has 0 N–H and O–H groups in total. The van der Waals surface area contributed by atoms with E-state index < -0.39 is 0 Å². The predicted molar refractivity (Wildman–Crippen MR) is 101 cm³/mol. The second kappa shape index (κ2) is 6.81. The van der Waals surface area contributed by atoms with Crippen LogP contribution in [0.15, 0.2) is 78.9 Å². The fourth-order valence-electron chi connectivity index (χ4n) is 3.13. The molecule has 0 fully saturated rings. The minimum atomic E-state index is 0.798. The molecule has 0 radical (unpaired) electrons. The lowest BCUT2D eigenvalue weighted by Crippen LogP contribution is -2.06. The van der Waals surface area contributed by atoms with Crippen LogP contribution in [0.2, 0.25) is 0 Å². The average Bonchev–Trinajstić information content (AvgIpc) is 3.00. The van der Waals surface area contributed by atoms with Crippen molar-refractivity contribution in [3.63, 3.8) is 0 Å². The Kier molecular flexibility index (Phi) is 4.21. The SMILES string of the molecule is COc1ccc(Cn2c(Cc3ccccc3)nc3ccccc32)cc1. The quantitative estimate of drug-likeness (QED) is 0.532. The molecule has 124 valence electrons. The number of benzene rings is 3. The minimum absolute atomic E-state index is 0.798. The molecule has 0 aliphatic heterocycles. The molecule has 4 aromatic rings. The number of ether oxygens (including phenoxy) is 1. The van der Waals surface area contributed by atoms with E-state index in [-0.39, 0.29) is 0 Å². The molecule has 0 saturated carbocycles. The maximum Gasteiger partial charge on any atom is 0.118 e. The minimum Gasteiger partial charge on any atom is -0.497 e. The van der Waals surface area contributed by atoms with Crippen molar-refractivity contribution in [3.05, 3.63) is 95.8 Å². The first kappa shape index (κ1) is 15.5. The summed E-state index contributed by atoms with van der Waals surface area (Å²) in [4.78, 5) is 4.88. The van der Waals surface area contributed by atoms with E-state index in [1.807, 2.05) is 24.3 Å². The fraction of sp³-hybridized carbons (Fsp3) is 0.136. The summed E-state index contributed by atoms with van der Waals surface area (Å²) in [5, 5.41) is 0. The van der Waals surface area contributed by atoms with E-state index in [0.717, 1.165) is 30.1 Å². The highest BCUT2D eigenvalue weighted by Crippen LogP contribution is 2.21. The third-order valence-corrected chi connectivity index (χ3v) is 4.44. The van der Waals surface area contributed by atoms with Gasteiger partial charge in [-0.05, 0) is 35.4 Å². The molecule has 0 bridgehead atoms. The topological polar surface area (TPSA) is 27.1 Å². The molecule has 3 heteroatoms. The van der Waals surface area contributed by atoms with Crippen LogP contribution in [0.4, 0.5) is 0 Å². The number of imidazole rings is 1. The van der Waals surface area contributed by atoms with Crippen molar-refractivity contribution in [3.8, 4) is 5.75 Å². The Balaban J connectivity index is 1.73. The van der Waals surface area contributed by atoms with E-state index >= 15 is 0 Å². The van der Waals surface area contributed by atoms with E-state index in [1.165, 1.54) is 16.6 Å². The second-order valence-electron chi connectivity index (χ2n) is 6.11. The van der Waals surface area contributed by atoms with Crippen molar-refractivity contribution >= 4 is 11.0 Å². The van der Waals surface area contributed by atoms with Crippen LogP contribution in [0.25, 0.3) is 11.0 Å². The molecule has 1 aromatic heterocycles. The summed E-state index contributed by atoms with van der Waals surface area (Å²) in [6.07, 6.45) is 0.825. The van der Waals surface area contributed by atoms with E-state index in [9.17, 15) is 0 Å². The van der Waals surface area contributed by atoms with E-state index in [1.54, 1.807) is 7.11 Å². The summed E-state index contributed by atoms with van der Waals surface area (Å²) >= 11 is 0. The molecular weight excluding hydrogens is 308 g/mol. The highest BCUT2D eigenvalue weighted by Gasteiger charge is 2.11. The van der Waals surface area contributed by atoms with Gasteiger partial charge in [-0.15, -0.1) is 0 Å². The van der Waals surface area contributed by atoms with Crippen LogP contribution < -0.4 is 4.74 Å². The van der Waals surface area contributed by atoms with Gasteiger partial charge in [-0.2, -0.15) is 0 Å². The lowest BCUT2D eigenvalue weighted by molar-refractivity contribution is 0.414. The first-order chi connectivity index (χ1) is 12.3. The van der Waals surface area contributed by atoms with E-state index in [2.05, 4.69) is 59.2 Å². The second-order valence-corrected chi connectivity index (χ2v) is 6.11. The molecule has 1 heterocycles. The smallest absolute Gasteiger partial charge is 0.118 e. The van der Waals surface area contributed by atoms with Crippen molar-refractivity contribution in [2.75, 3.05) is 7.11 Å². The average molecular weight is 328 g/mol. The molecule has 4 rings (SSSR count). The van der Waals surface area contributed by atoms with Gasteiger partial charge in [0.2, 0.25) is 0 Å². The van der Waals surface area contributed by atoms with Gasteiger partial charge in [0, 0.05) is 13.0 Å². The lowest BCUT2D eigenvalue weighted by Gasteiger charge is -2.10. The van der Waals surface area contributed by atoms with Crippen LogP contribution in [0.3, 0.4) is 0 Å². The molecule has 0 aliphatic rings. The molecule has 0 saturated heterocycles. The van der Waals surface area contributed by atoms with Gasteiger partial charge >= 0.3 is 0 Å². The number of fused-ring (bicyclic) bond motifs is 1. The monoisotopic (exact) mass is 328 g/mol. The normalized spacial score (nSPS) is 10.9. The zero-order valence-electron chi connectivity index (χ0n) is 14.2. The lowest BCUT2D eigenvalue weighted by atomic mass is 10.1. The van der Waals surface area contributed by atoms with Crippen molar-refractivity contribution in [2.24, 2.45) is 0 Å². The third-order valence-electron chi connectivity index (χ3n) is 4.44. The molecule has 0 unspecified atom stereocenters. The van der Waals surface area contributed by atoms with Gasteiger partial charge in [-0.1, -0.05) is 54.6 Å². The zero-order chi connectivity index (χ0) is 17.1. The van der Waals surface area contributed by atoms with Crippen molar-refractivity contribution in [1.82, 2.24) is 9.55 Å². The Labute approximate surface area is 147 Å². The highest BCUT2D eigenvalue weighted by atomic mass is 16.5. The maximum atomic E-state index is 5.26. The van der Waals surface area contributed by atoms with Gasteiger partial charge in [-0.3, -0.25) is 0 Å². The molecule has 3 nitrogen and oxygen atoms in total. The molecular formula is C22H20N2O. The van der Waals surface area contributed by atoms with E-state index in [4.69, 9.17) is 9.72 Å². The Hall–Kier alpha value is -3.07. The Morgan fingerprint density at radius 1 is 0.800 bits per heavy atom. The number of methoxy groups -OCH3 is 1. The van der Waals surface area contributed by atoms with Crippen LogP contribution in [-0.2, 0) is 13.0 Å². The van der Waals surface area contributed by atoms with Crippen LogP contribution in [-0.4, -0.2) is 16.7 Å². The largest absolute Gasteiger partial charge is 0.497 e. The molecule has 3 aromatic carbocycles. The van der Waals surface area contributed by atoms with Crippen LogP contribution >= 0.6 is 0 Å². The Morgan fingerprint density at radius 3 is 2.28 bits per heavy atom. The van der Waals surface area contributed by atoms with Crippen molar-refractivity contribution in [2.45, 2.75) is 13.0 Å².